The van der Waals surface area contributed by atoms with Gasteiger partial charge >= 0.3 is 0 Å². The number of benzene rings is 1. The molecule has 0 saturated carbocycles. The van der Waals surface area contributed by atoms with E-state index >= 15 is 0 Å². The van der Waals surface area contributed by atoms with E-state index in [4.69, 9.17) is 0 Å². The third-order valence-electron chi connectivity index (χ3n) is 4.24. The van der Waals surface area contributed by atoms with E-state index in [0.717, 1.165) is 41.4 Å². The van der Waals surface area contributed by atoms with E-state index in [-0.39, 0.29) is 11.7 Å². The standard InChI is InChI=1S/C18H21FN2OS/c1-20-11-13-3-2-10-21(12-13)18(22)17-9-8-16(23-17)14-4-6-15(19)7-5-14/h4-9,13,20H,2-3,10-12H2,1H3. The van der Waals surface area contributed by atoms with Gasteiger partial charge in [0.25, 0.3) is 5.91 Å². The molecule has 2 heterocycles. The van der Waals surface area contributed by atoms with Crippen LogP contribution in [0.4, 0.5) is 4.39 Å². The molecule has 3 nitrogen and oxygen atoms in total. The fourth-order valence-corrected chi connectivity index (χ4v) is 4.06. The molecule has 1 atom stereocenters. The lowest BCUT2D eigenvalue weighted by atomic mass is 9.98. The quantitative estimate of drug-likeness (QED) is 0.927. The lowest BCUT2D eigenvalue weighted by Crippen LogP contribution is -2.42. The summed E-state index contributed by atoms with van der Waals surface area (Å²) in [5, 5.41) is 3.20. The van der Waals surface area contributed by atoms with Gasteiger partial charge in [-0.3, -0.25) is 4.79 Å². The van der Waals surface area contributed by atoms with Crippen LogP contribution in [0.3, 0.4) is 0 Å². The van der Waals surface area contributed by atoms with E-state index in [1.165, 1.54) is 29.9 Å². The lowest BCUT2D eigenvalue weighted by Gasteiger charge is -2.32. The Bertz CT molecular complexity index is 666. The zero-order valence-electron chi connectivity index (χ0n) is 13.2. The highest BCUT2D eigenvalue weighted by Crippen LogP contribution is 2.30. The monoisotopic (exact) mass is 332 g/mol. The van der Waals surface area contributed by atoms with Gasteiger partial charge in [0.15, 0.2) is 0 Å². The van der Waals surface area contributed by atoms with Crippen LogP contribution in [0, 0.1) is 11.7 Å². The molecule has 1 amide bonds. The molecule has 3 rings (SSSR count). The van der Waals surface area contributed by atoms with Gasteiger partial charge in [0.1, 0.15) is 5.82 Å². The van der Waals surface area contributed by atoms with Gasteiger partial charge in [0.05, 0.1) is 4.88 Å². The average molecular weight is 332 g/mol. The van der Waals surface area contributed by atoms with Crippen molar-refractivity contribution < 1.29 is 9.18 Å². The molecule has 0 spiro atoms. The Morgan fingerprint density at radius 3 is 2.83 bits per heavy atom. The first-order valence-electron chi connectivity index (χ1n) is 7.97. The lowest BCUT2D eigenvalue weighted by molar-refractivity contribution is 0.0679. The van der Waals surface area contributed by atoms with Gasteiger partial charge in [-0.15, -0.1) is 11.3 Å². The second kappa shape index (κ2) is 7.23. The Morgan fingerprint density at radius 1 is 1.30 bits per heavy atom. The van der Waals surface area contributed by atoms with E-state index < -0.39 is 0 Å². The van der Waals surface area contributed by atoms with Crippen molar-refractivity contribution in [2.75, 3.05) is 26.7 Å². The highest BCUT2D eigenvalue weighted by atomic mass is 32.1. The molecule has 5 heteroatoms. The van der Waals surface area contributed by atoms with Crippen molar-refractivity contribution in [1.29, 1.82) is 0 Å². The molecule has 1 N–H and O–H groups in total. The molecule has 1 unspecified atom stereocenters. The maximum absolute atomic E-state index is 13.0. The normalized spacial score (nSPS) is 18.2. The topological polar surface area (TPSA) is 32.3 Å². The number of thiophene rings is 1. The fourth-order valence-electron chi connectivity index (χ4n) is 3.08. The highest BCUT2D eigenvalue weighted by Gasteiger charge is 2.25. The summed E-state index contributed by atoms with van der Waals surface area (Å²) in [6, 6.07) is 10.2. The number of likely N-dealkylation sites (tertiary alicyclic amines) is 1. The number of rotatable bonds is 4. The molecule has 23 heavy (non-hydrogen) atoms. The van der Waals surface area contributed by atoms with Crippen molar-refractivity contribution in [3.05, 3.63) is 47.1 Å². The Morgan fingerprint density at radius 2 is 2.09 bits per heavy atom. The summed E-state index contributed by atoms with van der Waals surface area (Å²) in [6.07, 6.45) is 2.24. The van der Waals surface area contributed by atoms with Crippen molar-refractivity contribution in [2.24, 2.45) is 5.92 Å². The smallest absolute Gasteiger partial charge is 0.263 e. The minimum Gasteiger partial charge on any atom is -0.338 e. The summed E-state index contributed by atoms with van der Waals surface area (Å²) in [5.41, 5.74) is 0.946. The van der Waals surface area contributed by atoms with Crippen molar-refractivity contribution in [3.63, 3.8) is 0 Å². The van der Waals surface area contributed by atoms with Crippen LogP contribution in [0.25, 0.3) is 10.4 Å². The third-order valence-corrected chi connectivity index (χ3v) is 5.37. The number of nitrogens with zero attached hydrogens (tertiary/aromatic N) is 1. The van der Waals surface area contributed by atoms with Crippen LogP contribution in [0.5, 0.6) is 0 Å². The SMILES string of the molecule is CNCC1CCCN(C(=O)c2ccc(-c3ccc(F)cc3)s2)C1. The van der Waals surface area contributed by atoms with Gasteiger partial charge in [0, 0.05) is 18.0 Å². The number of halogens is 1. The maximum Gasteiger partial charge on any atom is 0.263 e. The van der Waals surface area contributed by atoms with Crippen LogP contribution in [-0.2, 0) is 0 Å². The average Bonchev–Trinajstić information content (AvgIpc) is 3.05. The number of hydrogen-bond acceptors (Lipinski definition) is 3. The molecule has 2 aromatic rings. The second-order valence-electron chi connectivity index (χ2n) is 5.99. The summed E-state index contributed by atoms with van der Waals surface area (Å²) in [4.78, 5) is 16.4. The van der Waals surface area contributed by atoms with Gasteiger partial charge in [-0.05, 0) is 62.2 Å². The van der Waals surface area contributed by atoms with E-state index in [1.54, 1.807) is 12.1 Å². The third kappa shape index (κ3) is 3.79. The van der Waals surface area contributed by atoms with Crippen molar-refractivity contribution in [1.82, 2.24) is 10.2 Å². The number of hydrogen-bond donors (Lipinski definition) is 1. The summed E-state index contributed by atoms with van der Waals surface area (Å²) >= 11 is 1.48. The number of carbonyl (C=O) groups excluding carboxylic acids is 1. The van der Waals surface area contributed by atoms with Crippen LogP contribution in [0.2, 0.25) is 0 Å². The van der Waals surface area contributed by atoms with Crippen LogP contribution >= 0.6 is 11.3 Å². The highest BCUT2D eigenvalue weighted by molar-refractivity contribution is 7.17. The van der Waals surface area contributed by atoms with E-state index in [1.807, 2.05) is 24.1 Å². The predicted molar refractivity (Wildman–Crippen MR) is 92.3 cm³/mol. The molecule has 122 valence electrons. The van der Waals surface area contributed by atoms with Crippen LogP contribution < -0.4 is 5.32 Å². The van der Waals surface area contributed by atoms with Crippen LogP contribution in [0.15, 0.2) is 36.4 Å². The number of piperidine rings is 1. The molecule has 0 aliphatic carbocycles. The molecule has 1 fully saturated rings. The summed E-state index contributed by atoms with van der Waals surface area (Å²) < 4.78 is 13.0. The summed E-state index contributed by atoms with van der Waals surface area (Å²) in [6.45, 7) is 2.61. The van der Waals surface area contributed by atoms with Crippen molar-refractivity contribution >= 4 is 17.2 Å². The van der Waals surface area contributed by atoms with Gasteiger partial charge in [0.2, 0.25) is 0 Å². The predicted octanol–water partition coefficient (Wildman–Crippen LogP) is 3.63. The molecule has 0 radical (unpaired) electrons. The van der Waals surface area contributed by atoms with Crippen LogP contribution in [0.1, 0.15) is 22.5 Å². The van der Waals surface area contributed by atoms with Gasteiger partial charge in [-0.25, -0.2) is 4.39 Å². The van der Waals surface area contributed by atoms with Gasteiger partial charge in [-0.2, -0.15) is 0 Å². The number of nitrogens with one attached hydrogen (secondary N) is 1. The van der Waals surface area contributed by atoms with Crippen molar-refractivity contribution in [2.45, 2.75) is 12.8 Å². The number of carbonyl (C=O) groups is 1. The molecule has 0 bridgehead atoms. The first kappa shape index (κ1) is 16.1. The molecule has 1 aliphatic rings. The number of amides is 1. The largest absolute Gasteiger partial charge is 0.338 e. The minimum absolute atomic E-state index is 0.115. The first-order chi connectivity index (χ1) is 11.2. The zero-order valence-corrected chi connectivity index (χ0v) is 14.0. The van der Waals surface area contributed by atoms with E-state index in [9.17, 15) is 9.18 Å². The van der Waals surface area contributed by atoms with E-state index in [2.05, 4.69) is 5.32 Å². The maximum atomic E-state index is 13.0. The van der Waals surface area contributed by atoms with Gasteiger partial charge in [-0.1, -0.05) is 12.1 Å². The first-order valence-corrected chi connectivity index (χ1v) is 8.78. The fraction of sp³-hybridized carbons (Fsp3) is 0.389. The van der Waals surface area contributed by atoms with Gasteiger partial charge < -0.3 is 10.2 Å². The molecule has 1 aromatic carbocycles. The van der Waals surface area contributed by atoms with E-state index in [0.29, 0.717) is 5.92 Å². The Hall–Kier alpha value is -1.72. The molecule has 1 aliphatic heterocycles. The molecular weight excluding hydrogens is 311 g/mol. The minimum atomic E-state index is -0.245. The molecule has 1 aromatic heterocycles. The molecular formula is C18H21FN2OS. The Balaban J connectivity index is 1.72. The second-order valence-corrected chi connectivity index (χ2v) is 7.07. The summed E-state index contributed by atoms with van der Waals surface area (Å²) in [7, 11) is 1.95. The van der Waals surface area contributed by atoms with Crippen LogP contribution in [-0.4, -0.2) is 37.5 Å². The summed E-state index contributed by atoms with van der Waals surface area (Å²) in [5.74, 6) is 0.406. The zero-order chi connectivity index (χ0) is 16.2. The molecule has 1 saturated heterocycles. The Kier molecular flexibility index (Phi) is 5.08. The Labute approximate surface area is 140 Å². The van der Waals surface area contributed by atoms with Crippen molar-refractivity contribution in [3.8, 4) is 10.4 Å².